The number of para-hydroxylation sites is 1. The Balaban J connectivity index is 1.13. The highest BCUT2D eigenvalue weighted by Crippen LogP contribution is 2.63. The molecule has 0 fully saturated rings. The zero-order chi connectivity index (χ0) is 29.4. The summed E-state index contributed by atoms with van der Waals surface area (Å²) in [5, 5.41) is 0. The normalized spacial score (nSPS) is 14.6. The minimum Gasteiger partial charge on any atom is -0.344 e. The number of anilines is 2. The number of hydrogen-bond donors (Lipinski definition) is 0. The topological polar surface area (TPSA) is 6.48 Å². The van der Waals surface area contributed by atoms with Crippen molar-refractivity contribution in [2.45, 2.75) is 24.9 Å². The van der Waals surface area contributed by atoms with Crippen LogP contribution >= 0.6 is 0 Å². The van der Waals surface area contributed by atoms with E-state index in [4.69, 9.17) is 0 Å². The molecule has 0 radical (unpaired) electrons. The highest BCUT2D eigenvalue weighted by molar-refractivity contribution is 5.95. The van der Waals surface area contributed by atoms with Crippen LogP contribution in [0, 0.1) is 0 Å². The molecule has 2 nitrogen and oxygen atoms in total. The number of hydrogen-bond acceptors (Lipinski definition) is 2. The third-order valence-corrected chi connectivity index (χ3v) is 10.2. The quantitative estimate of drug-likeness (QED) is 0.209. The summed E-state index contributed by atoms with van der Waals surface area (Å²) >= 11 is 0. The summed E-state index contributed by atoms with van der Waals surface area (Å²) in [6.07, 6.45) is 0.994. The predicted octanol–water partition coefficient (Wildman–Crippen LogP) is 9.33. The van der Waals surface area contributed by atoms with Gasteiger partial charge in [0.15, 0.2) is 0 Å². The molecule has 0 amide bonds. The monoisotopic (exact) mass is 566 g/mol. The molecule has 0 saturated heterocycles. The first-order valence-corrected chi connectivity index (χ1v) is 15.7. The van der Waals surface area contributed by atoms with E-state index in [-0.39, 0.29) is 5.41 Å². The van der Waals surface area contributed by atoms with E-state index in [1.165, 1.54) is 78.1 Å². The lowest BCUT2D eigenvalue weighted by molar-refractivity contribution is 0.317. The molecule has 0 bridgehead atoms. The molecule has 0 N–H and O–H groups in total. The Morgan fingerprint density at radius 1 is 0.568 bits per heavy atom. The number of rotatable bonds is 4. The van der Waals surface area contributed by atoms with Gasteiger partial charge in [-0.15, -0.1) is 0 Å². The standard InChI is InChI=1S/C42H34N2/c1-43(26-28-22-23-30-25-29-12-3-10-21-39(29)44(2)40(30)24-28)27-31-13-11-17-35-34-16-6-9-20-38(34)42(41(31)35)36-18-7-4-14-32(36)33-15-5-8-19-37(33)42/h3-24H,25-27H2,1-2H3. The third kappa shape index (κ3) is 3.46. The molecule has 1 spiro atoms. The van der Waals surface area contributed by atoms with Crippen molar-refractivity contribution in [2.75, 3.05) is 19.0 Å². The third-order valence-electron chi connectivity index (χ3n) is 10.2. The van der Waals surface area contributed by atoms with Gasteiger partial charge in [-0.25, -0.2) is 0 Å². The van der Waals surface area contributed by atoms with Gasteiger partial charge in [-0.3, -0.25) is 4.90 Å². The molecule has 6 aromatic rings. The Morgan fingerprint density at radius 3 is 1.84 bits per heavy atom. The van der Waals surface area contributed by atoms with Gasteiger partial charge in [0.05, 0.1) is 5.41 Å². The molecule has 2 heteroatoms. The first kappa shape index (κ1) is 25.6. The summed E-state index contributed by atoms with van der Waals surface area (Å²) in [7, 11) is 4.47. The van der Waals surface area contributed by atoms with E-state index in [1.807, 2.05) is 0 Å². The predicted molar refractivity (Wildman–Crippen MR) is 182 cm³/mol. The van der Waals surface area contributed by atoms with E-state index in [9.17, 15) is 0 Å². The van der Waals surface area contributed by atoms with Crippen LogP contribution in [0.4, 0.5) is 11.4 Å². The Bertz CT molecular complexity index is 2040. The molecule has 0 aromatic heterocycles. The maximum atomic E-state index is 2.48. The maximum absolute atomic E-state index is 2.48. The summed E-state index contributed by atoms with van der Waals surface area (Å²) in [5.74, 6) is 0. The number of fused-ring (bicyclic) bond motifs is 12. The van der Waals surface area contributed by atoms with Gasteiger partial charge in [0.1, 0.15) is 0 Å². The first-order valence-electron chi connectivity index (χ1n) is 15.7. The van der Waals surface area contributed by atoms with Gasteiger partial charge in [0.2, 0.25) is 0 Å². The molecule has 6 aromatic carbocycles. The van der Waals surface area contributed by atoms with Crippen LogP contribution in [0.3, 0.4) is 0 Å². The molecular weight excluding hydrogens is 532 g/mol. The van der Waals surface area contributed by atoms with Crippen molar-refractivity contribution in [3.05, 3.63) is 178 Å². The van der Waals surface area contributed by atoms with E-state index >= 15 is 0 Å². The summed E-state index contributed by atoms with van der Waals surface area (Å²) in [5.41, 5.74) is 19.0. The van der Waals surface area contributed by atoms with Crippen LogP contribution in [0.15, 0.2) is 133 Å². The zero-order valence-electron chi connectivity index (χ0n) is 25.2. The SMILES string of the molecule is CN(Cc1ccc2c(c1)N(C)c1ccccc1C2)Cc1cccc2c1C1(c3ccccc3-c3ccccc31)c1ccccc1-2. The van der Waals surface area contributed by atoms with Gasteiger partial charge < -0.3 is 4.90 Å². The van der Waals surface area contributed by atoms with E-state index < -0.39 is 0 Å². The van der Waals surface area contributed by atoms with E-state index in [0.717, 1.165) is 19.5 Å². The first-order chi connectivity index (χ1) is 21.6. The van der Waals surface area contributed by atoms with Gasteiger partial charge in [0, 0.05) is 37.9 Å². The maximum Gasteiger partial charge on any atom is 0.0728 e. The molecular formula is C42H34N2. The van der Waals surface area contributed by atoms with Crippen LogP contribution in [0.25, 0.3) is 22.3 Å². The van der Waals surface area contributed by atoms with Crippen molar-refractivity contribution in [3.63, 3.8) is 0 Å². The molecule has 2 aliphatic carbocycles. The molecule has 0 saturated carbocycles. The largest absolute Gasteiger partial charge is 0.344 e. The molecule has 3 aliphatic rings. The second-order valence-corrected chi connectivity index (χ2v) is 12.7. The lowest BCUT2D eigenvalue weighted by Crippen LogP contribution is -2.29. The minimum atomic E-state index is -0.307. The minimum absolute atomic E-state index is 0.307. The Morgan fingerprint density at radius 2 is 1.14 bits per heavy atom. The van der Waals surface area contributed by atoms with Crippen LogP contribution in [0.5, 0.6) is 0 Å². The van der Waals surface area contributed by atoms with Gasteiger partial charge in [0.25, 0.3) is 0 Å². The van der Waals surface area contributed by atoms with Crippen molar-refractivity contribution in [1.29, 1.82) is 0 Å². The fourth-order valence-electron chi connectivity index (χ4n) is 8.52. The smallest absolute Gasteiger partial charge is 0.0728 e. The number of nitrogens with zero attached hydrogens (tertiary/aromatic N) is 2. The second kappa shape index (κ2) is 9.54. The average molecular weight is 567 g/mol. The van der Waals surface area contributed by atoms with E-state index in [0.29, 0.717) is 0 Å². The zero-order valence-corrected chi connectivity index (χ0v) is 25.2. The van der Waals surface area contributed by atoms with Gasteiger partial charge in [-0.2, -0.15) is 0 Å². The van der Waals surface area contributed by atoms with Crippen LogP contribution in [-0.2, 0) is 24.9 Å². The van der Waals surface area contributed by atoms with Crippen molar-refractivity contribution >= 4 is 11.4 Å². The van der Waals surface area contributed by atoms with Gasteiger partial charge in [-0.05, 0) is 85.9 Å². The Kier molecular flexibility index (Phi) is 5.54. The molecule has 0 unspecified atom stereocenters. The van der Waals surface area contributed by atoms with E-state index in [2.05, 4.69) is 157 Å². The average Bonchev–Trinajstić information content (AvgIpc) is 3.53. The molecule has 9 rings (SSSR count). The summed E-state index contributed by atoms with van der Waals surface area (Å²) < 4.78 is 0. The van der Waals surface area contributed by atoms with Crippen molar-refractivity contribution < 1.29 is 0 Å². The second-order valence-electron chi connectivity index (χ2n) is 12.7. The highest BCUT2D eigenvalue weighted by atomic mass is 15.1. The van der Waals surface area contributed by atoms with Crippen molar-refractivity contribution in [1.82, 2.24) is 4.90 Å². The van der Waals surface area contributed by atoms with Crippen LogP contribution in [0.2, 0.25) is 0 Å². The number of benzene rings is 6. The summed E-state index contributed by atoms with van der Waals surface area (Å²) in [6, 6.07) is 50.0. The fourth-order valence-corrected chi connectivity index (χ4v) is 8.52. The Hall–Kier alpha value is -4.92. The molecule has 1 heterocycles. The highest BCUT2D eigenvalue weighted by Gasteiger charge is 2.52. The fraction of sp³-hybridized carbons (Fsp3) is 0.143. The summed E-state index contributed by atoms with van der Waals surface area (Å²) in [6.45, 7) is 1.76. The molecule has 1 aliphatic heterocycles. The summed E-state index contributed by atoms with van der Waals surface area (Å²) in [4.78, 5) is 4.84. The van der Waals surface area contributed by atoms with Gasteiger partial charge in [-0.1, -0.05) is 121 Å². The van der Waals surface area contributed by atoms with Crippen LogP contribution in [0.1, 0.15) is 44.5 Å². The lowest BCUT2D eigenvalue weighted by Gasteiger charge is -2.33. The van der Waals surface area contributed by atoms with Crippen molar-refractivity contribution in [2.24, 2.45) is 0 Å². The van der Waals surface area contributed by atoms with Crippen LogP contribution < -0.4 is 4.90 Å². The van der Waals surface area contributed by atoms with Gasteiger partial charge >= 0.3 is 0 Å². The lowest BCUT2D eigenvalue weighted by atomic mass is 9.69. The molecule has 0 atom stereocenters. The Labute approximate surface area is 259 Å². The van der Waals surface area contributed by atoms with E-state index in [1.54, 1.807) is 0 Å². The van der Waals surface area contributed by atoms with Crippen LogP contribution in [-0.4, -0.2) is 19.0 Å². The molecule has 44 heavy (non-hydrogen) atoms. The van der Waals surface area contributed by atoms with Crippen molar-refractivity contribution in [3.8, 4) is 22.3 Å². The molecule has 212 valence electrons.